The molecule has 2 heteroatoms. The van der Waals surface area contributed by atoms with Crippen molar-refractivity contribution in [3.63, 3.8) is 0 Å². The summed E-state index contributed by atoms with van der Waals surface area (Å²) < 4.78 is 5.52. The minimum Gasteiger partial charge on any atom is -0.457 e. The van der Waals surface area contributed by atoms with Crippen molar-refractivity contribution in [1.29, 1.82) is 0 Å². The Hall–Kier alpha value is -2.61. The zero-order valence-corrected chi connectivity index (χ0v) is 12.8. The van der Waals surface area contributed by atoms with Crippen molar-refractivity contribution in [2.45, 2.75) is 20.5 Å². The van der Waals surface area contributed by atoms with E-state index in [0.717, 1.165) is 21.9 Å². The second-order valence-corrected chi connectivity index (χ2v) is 5.53. The van der Waals surface area contributed by atoms with Gasteiger partial charge >= 0.3 is 5.97 Å². The Balaban J connectivity index is 1.83. The minimum absolute atomic E-state index is 0.280. The molecule has 0 aliphatic heterocycles. The molecular weight excluding hydrogens is 272 g/mol. The molecule has 22 heavy (non-hydrogen) atoms. The normalized spacial score (nSPS) is 10.6. The quantitative estimate of drug-likeness (QED) is 0.647. The van der Waals surface area contributed by atoms with Gasteiger partial charge < -0.3 is 4.74 Å². The van der Waals surface area contributed by atoms with E-state index in [1.165, 1.54) is 5.56 Å². The first-order chi connectivity index (χ1) is 10.6. The Morgan fingerprint density at radius 3 is 2.59 bits per heavy atom. The summed E-state index contributed by atoms with van der Waals surface area (Å²) in [5, 5.41) is 1.97. The van der Waals surface area contributed by atoms with E-state index < -0.39 is 0 Å². The molecule has 0 heterocycles. The summed E-state index contributed by atoms with van der Waals surface area (Å²) in [6.07, 6.45) is 0. The molecular formula is C20H18O2. The molecule has 3 aromatic rings. The lowest BCUT2D eigenvalue weighted by Crippen LogP contribution is -2.06. The number of fused-ring (bicyclic) bond motifs is 1. The monoisotopic (exact) mass is 290 g/mol. The van der Waals surface area contributed by atoms with E-state index in [2.05, 4.69) is 18.2 Å². The van der Waals surface area contributed by atoms with Gasteiger partial charge in [-0.1, -0.05) is 60.2 Å². The third-order valence-corrected chi connectivity index (χ3v) is 3.87. The number of hydrogen-bond acceptors (Lipinski definition) is 2. The van der Waals surface area contributed by atoms with Gasteiger partial charge in [-0.3, -0.25) is 0 Å². The Morgan fingerprint density at radius 2 is 1.73 bits per heavy atom. The van der Waals surface area contributed by atoms with Gasteiger partial charge in [0.15, 0.2) is 0 Å². The molecule has 3 rings (SSSR count). The molecule has 0 atom stereocenters. The number of benzene rings is 3. The molecule has 0 fully saturated rings. The van der Waals surface area contributed by atoms with Crippen LogP contribution in [0.25, 0.3) is 10.8 Å². The zero-order chi connectivity index (χ0) is 15.5. The van der Waals surface area contributed by atoms with Crippen molar-refractivity contribution in [3.05, 3.63) is 82.9 Å². The molecule has 0 N–H and O–H groups in total. The molecule has 3 aromatic carbocycles. The SMILES string of the molecule is Cc1ccc(C)c(COC(=O)c2cccc3ccccc23)c1. The average Bonchev–Trinajstić information content (AvgIpc) is 2.55. The van der Waals surface area contributed by atoms with Crippen LogP contribution in [0.4, 0.5) is 0 Å². The van der Waals surface area contributed by atoms with Crippen molar-refractivity contribution < 1.29 is 9.53 Å². The van der Waals surface area contributed by atoms with Crippen LogP contribution < -0.4 is 0 Å². The second kappa shape index (κ2) is 6.02. The molecule has 0 aliphatic carbocycles. The second-order valence-electron chi connectivity index (χ2n) is 5.53. The van der Waals surface area contributed by atoms with Crippen LogP contribution >= 0.6 is 0 Å². The first-order valence-corrected chi connectivity index (χ1v) is 7.36. The highest BCUT2D eigenvalue weighted by Crippen LogP contribution is 2.20. The lowest BCUT2D eigenvalue weighted by atomic mass is 10.0. The predicted octanol–water partition coefficient (Wildman–Crippen LogP) is 4.81. The van der Waals surface area contributed by atoms with Gasteiger partial charge in [-0.2, -0.15) is 0 Å². The molecule has 0 unspecified atom stereocenters. The average molecular weight is 290 g/mol. The summed E-state index contributed by atoms with van der Waals surface area (Å²) in [5.41, 5.74) is 3.97. The summed E-state index contributed by atoms with van der Waals surface area (Å²) >= 11 is 0. The smallest absolute Gasteiger partial charge is 0.339 e. The first-order valence-electron chi connectivity index (χ1n) is 7.36. The van der Waals surface area contributed by atoms with Crippen molar-refractivity contribution in [1.82, 2.24) is 0 Å². The Bertz CT molecular complexity index is 829. The van der Waals surface area contributed by atoms with Gasteiger partial charge in [0.1, 0.15) is 6.61 Å². The standard InChI is InChI=1S/C20H18O2/c1-14-10-11-15(2)17(12-14)13-22-20(21)19-9-5-7-16-6-3-4-8-18(16)19/h3-12H,13H2,1-2H3. The van der Waals surface area contributed by atoms with E-state index in [-0.39, 0.29) is 5.97 Å². The lowest BCUT2D eigenvalue weighted by Gasteiger charge is -2.10. The molecule has 0 aliphatic rings. The molecule has 0 saturated heterocycles. The zero-order valence-electron chi connectivity index (χ0n) is 12.8. The highest BCUT2D eigenvalue weighted by molar-refractivity contribution is 6.04. The van der Waals surface area contributed by atoms with Crippen molar-refractivity contribution >= 4 is 16.7 Å². The molecule has 0 bridgehead atoms. The van der Waals surface area contributed by atoms with Gasteiger partial charge in [-0.05, 0) is 41.8 Å². The van der Waals surface area contributed by atoms with Crippen LogP contribution in [0.2, 0.25) is 0 Å². The van der Waals surface area contributed by atoms with Crippen LogP contribution in [0.15, 0.2) is 60.7 Å². The number of esters is 1. The van der Waals surface area contributed by atoms with Crippen LogP contribution in [-0.4, -0.2) is 5.97 Å². The Labute approximate surface area is 130 Å². The molecule has 0 aromatic heterocycles. The third-order valence-electron chi connectivity index (χ3n) is 3.87. The van der Waals surface area contributed by atoms with Crippen molar-refractivity contribution in [2.24, 2.45) is 0 Å². The molecule has 0 amide bonds. The van der Waals surface area contributed by atoms with Gasteiger partial charge in [-0.25, -0.2) is 4.79 Å². The summed E-state index contributed by atoms with van der Waals surface area (Å²) in [4.78, 5) is 12.4. The molecule has 2 nitrogen and oxygen atoms in total. The first kappa shape index (κ1) is 14.3. The van der Waals surface area contributed by atoms with Crippen LogP contribution in [0, 0.1) is 13.8 Å². The molecule has 110 valence electrons. The molecule has 0 saturated carbocycles. The van der Waals surface area contributed by atoms with Gasteiger partial charge in [-0.15, -0.1) is 0 Å². The lowest BCUT2D eigenvalue weighted by molar-refractivity contribution is 0.0474. The fourth-order valence-corrected chi connectivity index (χ4v) is 2.58. The van der Waals surface area contributed by atoms with Crippen LogP contribution in [0.3, 0.4) is 0 Å². The fraction of sp³-hybridized carbons (Fsp3) is 0.150. The van der Waals surface area contributed by atoms with Crippen molar-refractivity contribution in [3.8, 4) is 0 Å². The fourth-order valence-electron chi connectivity index (χ4n) is 2.58. The minimum atomic E-state index is -0.280. The van der Waals surface area contributed by atoms with E-state index >= 15 is 0 Å². The Morgan fingerprint density at radius 1 is 0.955 bits per heavy atom. The third kappa shape index (κ3) is 2.86. The highest BCUT2D eigenvalue weighted by atomic mass is 16.5. The van der Waals surface area contributed by atoms with Crippen LogP contribution in [0.1, 0.15) is 27.0 Å². The van der Waals surface area contributed by atoms with Gasteiger partial charge in [0, 0.05) is 0 Å². The van der Waals surface area contributed by atoms with Crippen LogP contribution in [-0.2, 0) is 11.3 Å². The number of rotatable bonds is 3. The van der Waals surface area contributed by atoms with E-state index in [4.69, 9.17) is 4.74 Å². The maximum atomic E-state index is 12.4. The number of aryl methyl sites for hydroxylation is 2. The molecule has 0 radical (unpaired) electrons. The molecule has 0 spiro atoms. The Kier molecular flexibility index (Phi) is 3.92. The number of carbonyl (C=O) groups is 1. The topological polar surface area (TPSA) is 26.3 Å². The summed E-state index contributed by atoms with van der Waals surface area (Å²) in [6, 6.07) is 19.7. The van der Waals surface area contributed by atoms with Crippen LogP contribution in [0.5, 0.6) is 0 Å². The summed E-state index contributed by atoms with van der Waals surface area (Å²) in [7, 11) is 0. The number of ether oxygens (including phenoxy) is 1. The largest absolute Gasteiger partial charge is 0.457 e. The summed E-state index contributed by atoms with van der Waals surface area (Å²) in [5.74, 6) is -0.280. The van der Waals surface area contributed by atoms with Gasteiger partial charge in [0.05, 0.1) is 5.56 Å². The number of carbonyl (C=O) groups excluding carboxylic acids is 1. The van der Waals surface area contributed by atoms with Gasteiger partial charge in [0.2, 0.25) is 0 Å². The number of hydrogen-bond donors (Lipinski definition) is 0. The van der Waals surface area contributed by atoms with E-state index in [1.807, 2.05) is 56.3 Å². The van der Waals surface area contributed by atoms with E-state index in [0.29, 0.717) is 12.2 Å². The maximum Gasteiger partial charge on any atom is 0.339 e. The summed E-state index contributed by atoms with van der Waals surface area (Å²) in [6.45, 7) is 4.37. The van der Waals surface area contributed by atoms with E-state index in [1.54, 1.807) is 0 Å². The predicted molar refractivity (Wildman–Crippen MR) is 89.0 cm³/mol. The van der Waals surface area contributed by atoms with Gasteiger partial charge in [0.25, 0.3) is 0 Å². The maximum absolute atomic E-state index is 12.4. The highest BCUT2D eigenvalue weighted by Gasteiger charge is 2.11. The van der Waals surface area contributed by atoms with E-state index in [9.17, 15) is 4.79 Å². The van der Waals surface area contributed by atoms with Crippen molar-refractivity contribution in [2.75, 3.05) is 0 Å².